The molecule has 0 bridgehead atoms. The molecule has 4 rings (SSSR count). The van der Waals surface area contributed by atoms with E-state index in [4.69, 9.17) is 4.74 Å². The van der Waals surface area contributed by atoms with Gasteiger partial charge in [-0.05, 0) is 38.8 Å². The Morgan fingerprint density at radius 3 is 2.71 bits per heavy atom. The highest BCUT2D eigenvalue weighted by Gasteiger charge is 2.31. The second-order valence-corrected chi connectivity index (χ2v) is 6.22. The molecule has 21 heavy (non-hydrogen) atoms. The molecule has 108 valence electrons. The molecule has 1 unspecified atom stereocenters. The van der Waals surface area contributed by atoms with E-state index in [0.29, 0.717) is 6.61 Å². The van der Waals surface area contributed by atoms with Crippen LogP contribution in [0.1, 0.15) is 33.6 Å². The molecule has 0 spiro atoms. The molecule has 1 aromatic heterocycles. The summed E-state index contributed by atoms with van der Waals surface area (Å²) in [7, 11) is 0. The van der Waals surface area contributed by atoms with Crippen LogP contribution >= 0.6 is 0 Å². The number of hydrogen-bond acceptors (Lipinski definition) is 1. The van der Waals surface area contributed by atoms with E-state index in [2.05, 4.69) is 54.8 Å². The van der Waals surface area contributed by atoms with E-state index >= 15 is 0 Å². The molecule has 1 aliphatic heterocycles. The van der Waals surface area contributed by atoms with Gasteiger partial charge in [-0.2, -0.15) is 0 Å². The highest BCUT2D eigenvalue weighted by atomic mass is 16.5. The SMILES string of the molecule is CCOc1ccc2c3c1cccc3c1n2C(C)(CC)CC=1. The molecule has 2 heterocycles. The van der Waals surface area contributed by atoms with Crippen LogP contribution in [-0.4, -0.2) is 11.2 Å². The molecule has 1 atom stereocenters. The third-order valence-corrected chi connectivity index (χ3v) is 5.07. The van der Waals surface area contributed by atoms with Crippen molar-refractivity contribution in [2.75, 3.05) is 6.61 Å². The van der Waals surface area contributed by atoms with Gasteiger partial charge in [0, 0.05) is 27.0 Å². The molecule has 1 aliphatic rings. The summed E-state index contributed by atoms with van der Waals surface area (Å²) in [5.41, 5.74) is 1.55. The predicted octanol–water partition coefficient (Wildman–Crippen LogP) is 4.22. The number of ether oxygens (including phenoxy) is 1. The molecule has 0 radical (unpaired) electrons. The smallest absolute Gasteiger partial charge is 0.127 e. The molecule has 0 amide bonds. The third kappa shape index (κ3) is 1.53. The van der Waals surface area contributed by atoms with Gasteiger partial charge >= 0.3 is 0 Å². The number of nitrogens with zero attached hydrogens (tertiary/aromatic N) is 1. The molecule has 2 aromatic carbocycles. The van der Waals surface area contributed by atoms with Crippen molar-refractivity contribution in [2.24, 2.45) is 0 Å². The average Bonchev–Trinajstić information content (AvgIpc) is 3.02. The normalized spacial score (nSPS) is 20.9. The van der Waals surface area contributed by atoms with Gasteiger partial charge in [0.25, 0.3) is 0 Å². The number of aromatic nitrogens is 1. The summed E-state index contributed by atoms with van der Waals surface area (Å²) in [5, 5.41) is 5.34. The Labute approximate surface area is 125 Å². The molecular weight excluding hydrogens is 258 g/mol. The number of fused-ring (bicyclic) bond motifs is 3. The van der Waals surface area contributed by atoms with Gasteiger partial charge in [-0.1, -0.05) is 31.2 Å². The first-order valence-electron chi connectivity index (χ1n) is 7.89. The Morgan fingerprint density at radius 2 is 1.95 bits per heavy atom. The summed E-state index contributed by atoms with van der Waals surface area (Å²) < 4.78 is 8.36. The average molecular weight is 279 g/mol. The maximum Gasteiger partial charge on any atom is 0.127 e. The van der Waals surface area contributed by atoms with Crippen LogP contribution in [0.4, 0.5) is 0 Å². The van der Waals surface area contributed by atoms with Crippen molar-refractivity contribution in [3.63, 3.8) is 0 Å². The van der Waals surface area contributed by atoms with E-state index in [9.17, 15) is 0 Å². The zero-order valence-electron chi connectivity index (χ0n) is 12.9. The minimum Gasteiger partial charge on any atom is -0.493 e. The second-order valence-electron chi connectivity index (χ2n) is 6.22. The first kappa shape index (κ1) is 12.8. The quantitative estimate of drug-likeness (QED) is 0.700. The van der Waals surface area contributed by atoms with Crippen molar-refractivity contribution < 1.29 is 4.74 Å². The van der Waals surface area contributed by atoms with Crippen LogP contribution in [0.3, 0.4) is 0 Å². The monoisotopic (exact) mass is 279 g/mol. The first-order chi connectivity index (χ1) is 10.2. The van der Waals surface area contributed by atoms with Crippen molar-refractivity contribution in [3.05, 3.63) is 35.7 Å². The lowest BCUT2D eigenvalue weighted by atomic mass is 9.95. The summed E-state index contributed by atoms with van der Waals surface area (Å²) in [4.78, 5) is 0. The van der Waals surface area contributed by atoms with Crippen molar-refractivity contribution in [3.8, 4) is 5.75 Å². The highest BCUT2D eigenvalue weighted by molar-refractivity contribution is 6.12. The van der Waals surface area contributed by atoms with Crippen LogP contribution in [0.5, 0.6) is 5.75 Å². The summed E-state index contributed by atoms with van der Waals surface area (Å²) in [5.74, 6) is 0.998. The standard InChI is InChI=1S/C19H21NO/c1-4-19(3)12-11-15-13-7-6-8-14-17(21-5-2)10-9-16(18(13)14)20(15)19/h6-11H,4-5,12H2,1-3H3. The van der Waals surface area contributed by atoms with Crippen molar-refractivity contribution in [2.45, 2.75) is 39.2 Å². The number of benzene rings is 2. The Bertz CT molecular complexity index is 889. The summed E-state index contributed by atoms with van der Waals surface area (Å²) in [6, 6.07) is 10.9. The molecule has 3 aromatic rings. The Hall–Kier alpha value is -1.96. The molecule has 0 saturated heterocycles. The van der Waals surface area contributed by atoms with Gasteiger partial charge in [-0.3, -0.25) is 0 Å². The fraction of sp³-hybridized carbons (Fsp3) is 0.368. The minimum atomic E-state index is 0.203. The van der Waals surface area contributed by atoms with Gasteiger partial charge in [0.15, 0.2) is 0 Å². The largest absolute Gasteiger partial charge is 0.493 e. The van der Waals surface area contributed by atoms with E-state index in [0.717, 1.165) is 18.6 Å². The van der Waals surface area contributed by atoms with Crippen molar-refractivity contribution >= 4 is 27.8 Å². The van der Waals surface area contributed by atoms with Gasteiger partial charge in [0.1, 0.15) is 5.75 Å². The molecule has 0 fully saturated rings. The predicted molar refractivity (Wildman–Crippen MR) is 88.9 cm³/mol. The van der Waals surface area contributed by atoms with Crippen LogP contribution in [0.15, 0.2) is 30.3 Å². The maximum atomic E-state index is 5.82. The minimum absolute atomic E-state index is 0.203. The van der Waals surface area contributed by atoms with Crippen molar-refractivity contribution in [1.29, 1.82) is 0 Å². The van der Waals surface area contributed by atoms with E-state index in [-0.39, 0.29) is 5.54 Å². The molecular formula is C19H21NO. The van der Waals surface area contributed by atoms with Crippen molar-refractivity contribution in [1.82, 2.24) is 4.57 Å². The lowest BCUT2D eigenvalue weighted by molar-refractivity contribution is 0.337. The van der Waals surface area contributed by atoms with E-state index in [1.165, 1.54) is 27.0 Å². The lowest BCUT2D eigenvalue weighted by Crippen LogP contribution is -2.30. The van der Waals surface area contributed by atoms with Crippen LogP contribution in [0, 0.1) is 0 Å². The van der Waals surface area contributed by atoms with Crippen LogP contribution in [0.2, 0.25) is 0 Å². The highest BCUT2D eigenvalue weighted by Crippen LogP contribution is 2.38. The zero-order valence-corrected chi connectivity index (χ0v) is 12.9. The van der Waals surface area contributed by atoms with Gasteiger partial charge in [-0.15, -0.1) is 0 Å². The second kappa shape index (κ2) is 4.27. The fourth-order valence-corrected chi connectivity index (χ4v) is 3.79. The first-order valence-corrected chi connectivity index (χ1v) is 7.89. The van der Waals surface area contributed by atoms with Gasteiger partial charge in [0.05, 0.1) is 12.1 Å². The molecule has 0 N–H and O–H groups in total. The van der Waals surface area contributed by atoms with E-state index < -0.39 is 0 Å². The zero-order chi connectivity index (χ0) is 14.6. The Morgan fingerprint density at radius 1 is 1.14 bits per heavy atom. The third-order valence-electron chi connectivity index (χ3n) is 5.07. The molecule has 0 aliphatic carbocycles. The topological polar surface area (TPSA) is 14.2 Å². The van der Waals surface area contributed by atoms with Crippen LogP contribution in [-0.2, 0) is 5.54 Å². The fourth-order valence-electron chi connectivity index (χ4n) is 3.79. The van der Waals surface area contributed by atoms with Gasteiger partial charge in [0.2, 0.25) is 0 Å². The van der Waals surface area contributed by atoms with Gasteiger partial charge < -0.3 is 9.30 Å². The summed E-state index contributed by atoms with van der Waals surface area (Å²) >= 11 is 0. The van der Waals surface area contributed by atoms with Crippen LogP contribution < -0.4 is 10.1 Å². The maximum absolute atomic E-state index is 5.82. The van der Waals surface area contributed by atoms with Crippen LogP contribution in [0.25, 0.3) is 27.8 Å². The number of rotatable bonds is 3. The van der Waals surface area contributed by atoms with E-state index in [1.54, 1.807) is 0 Å². The summed E-state index contributed by atoms with van der Waals surface area (Å²) in [6.07, 6.45) is 4.68. The lowest BCUT2D eigenvalue weighted by Gasteiger charge is -2.27. The van der Waals surface area contributed by atoms with Gasteiger partial charge in [-0.25, -0.2) is 0 Å². The Balaban J connectivity index is 2.17. The molecule has 2 heteroatoms. The molecule has 0 saturated carbocycles. The summed E-state index contributed by atoms with van der Waals surface area (Å²) in [6.45, 7) is 7.39. The Kier molecular flexibility index (Phi) is 2.59. The molecule has 2 nitrogen and oxygen atoms in total. The van der Waals surface area contributed by atoms with E-state index in [1.807, 2.05) is 6.92 Å². The number of hydrogen-bond donors (Lipinski definition) is 0.